The van der Waals surface area contributed by atoms with Gasteiger partial charge in [0.2, 0.25) is 0 Å². The summed E-state index contributed by atoms with van der Waals surface area (Å²) in [5, 5.41) is 18.9. The first kappa shape index (κ1) is 32.7. The SMILES string of the molecule is CCCCCCCCCCCC1COCCOCCN(CCO)CCOCCOCCN1CCO. The third-order valence-corrected chi connectivity index (χ3v) is 6.64. The first-order valence-corrected chi connectivity index (χ1v) is 14.3. The van der Waals surface area contributed by atoms with Gasteiger partial charge in [-0.2, -0.15) is 0 Å². The van der Waals surface area contributed by atoms with Gasteiger partial charge in [-0.05, 0) is 6.42 Å². The Balaban J connectivity index is 2.44. The van der Waals surface area contributed by atoms with Crippen LogP contribution in [0.2, 0.25) is 0 Å². The lowest BCUT2D eigenvalue weighted by molar-refractivity contribution is -0.0124. The first-order valence-electron chi connectivity index (χ1n) is 14.3. The smallest absolute Gasteiger partial charge is 0.0701 e. The number of hydrogen-bond acceptors (Lipinski definition) is 8. The zero-order valence-corrected chi connectivity index (χ0v) is 22.7. The van der Waals surface area contributed by atoms with Crippen LogP contribution in [0.3, 0.4) is 0 Å². The number of hydrogen-bond donors (Lipinski definition) is 2. The molecule has 0 aromatic carbocycles. The average molecular weight is 505 g/mol. The third kappa shape index (κ3) is 19.5. The van der Waals surface area contributed by atoms with E-state index in [1.165, 1.54) is 57.8 Å². The molecular weight excluding hydrogens is 448 g/mol. The van der Waals surface area contributed by atoms with Crippen molar-refractivity contribution in [2.75, 3.05) is 98.8 Å². The highest BCUT2D eigenvalue weighted by molar-refractivity contribution is 4.72. The van der Waals surface area contributed by atoms with Crippen molar-refractivity contribution in [3.63, 3.8) is 0 Å². The number of aliphatic hydroxyl groups excluding tert-OH is 2. The predicted octanol–water partition coefficient (Wildman–Crippen LogP) is 2.94. The van der Waals surface area contributed by atoms with Crippen molar-refractivity contribution in [1.82, 2.24) is 9.80 Å². The lowest BCUT2D eigenvalue weighted by Gasteiger charge is -2.31. The molecule has 0 saturated carbocycles. The van der Waals surface area contributed by atoms with Crippen LogP contribution < -0.4 is 0 Å². The Morgan fingerprint density at radius 3 is 1.69 bits per heavy atom. The lowest BCUT2D eigenvalue weighted by atomic mass is 10.0. The molecule has 8 heteroatoms. The summed E-state index contributed by atoms with van der Waals surface area (Å²) in [7, 11) is 0. The number of rotatable bonds is 14. The van der Waals surface area contributed by atoms with Gasteiger partial charge in [0.25, 0.3) is 0 Å². The molecule has 1 fully saturated rings. The van der Waals surface area contributed by atoms with Gasteiger partial charge in [-0.25, -0.2) is 0 Å². The van der Waals surface area contributed by atoms with E-state index in [1.807, 2.05) is 0 Å². The maximum absolute atomic E-state index is 9.64. The van der Waals surface area contributed by atoms with Crippen LogP contribution in [0.5, 0.6) is 0 Å². The van der Waals surface area contributed by atoms with Crippen LogP contribution in [0.25, 0.3) is 0 Å². The van der Waals surface area contributed by atoms with E-state index < -0.39 is 0 Å². The molecular formula is C27H56N2O6. The van der Waals surface area contributed by atoms with E-state index >= 15 is 0 Å². The zero-order chi connectivity index (χ0) is 25.2. The van der Waals surface area contributed by atoms with Crippen LogP contribution in [0, 0.1) is 0 Å². The molecule has 1 aliphatic rings. The molecule has 1 rings (SSSR count). The third-order valence-electron chi connectivity index (χ3n) is 6.64. The largest absolute Gasteiger partial charge is 0.395 e. The zero-order valence-electron chi connectivity index (χ0n) is 22.7. The number of nitrogens with zero attached hydrogens (tertiary/aromatic N) is 2. The molecule has 1 aliphatic heterocycles. The van der Waals surface area contributed by atoms with Gasteiger partial charge in [-0.1, -0.05) is 64.7 Å². The van der Waals surface area contributed by atoms with Gasteiger partial charge in [-0.15, -0.1) is 0 Å². The van der Waals surface area contributed by atoms with Gasteiger partial charge in [0.1, 0.15) is 0 Å². The van der Waals surface area contributed by atoms with Crippen molar-refractivity contribution in [2.45, 2.75) is 77.2 Å². The summed E-state index contributed by atoms with van der Waals surface area (Å²) >= 11 is 0. The number of ether oxygens (including phenoxy) is 4. The Hall–Kier alpha value is -0.320. The van der Waals surface area contributed by atoms with Gasteiger partial charge >= 0.3 is 0 Å². The molecule has 1 heterocycles. The van der Waals surface area contributed by atoms with Crippen molar-refractivity contribution in [1.29, 1.82) is 0 Å². The summed E-state index contributed by atoms with van der Waals surface area (Å²) in [6, 6.07) is 0.283. The average Bonchev–Trinajstić information content (AvgIpc) is 2.86. The van der Waals surface area contributed by atoms with Gasteiger partial charge in [-0.3, -0.25) is 9.80 Å². The molecule has 1 unspecified atom stereocenters. The number of β-amino-alcohol motifs (C(OH)–C–C–N with tert-alkyl or cyclic N) is 2. The van der Waals surface area contributed by atoms with E-state index in [4.69, 9.17) is 18.9 Å². The van der Waals surface area contributed by atoms with Crippen LogP contribution in [0.1, 0.15) is 71.1 Å². The van der Waals surface area contributed by atoms with E-state index in [-0.39, 0.29) is 19.3 Å². The molecule has 0 spiro atoms. The molecule has 0 aromatic rings. The number of aliphatic hydroxyl groups is 2. The fourth-order valence-electron chi connectivity index (χ4n) is 4.47. The molecule has 210 valence electrons. The highest BCUT2D eigenvalue weighted by atomic mass is 16.5. The van der Waals surface area contributed by atoms with Gasteiger partial charge in [0.05, 0.1) is 66.1 Å². The summed E-state index contributed by atoms with van der Waals surface area (Å²) in [6.07, 6.45) is 13.0. The molecule has 0 amide bonds. The van der Waals surface area contributed by atoms with Crippen molar-refractivity contribution in [2.24, 2.45) is 0 Å². The van der Waals surface area contributed by atoms with Crippen LogP contribution in [-0.4, -0.2) is 125 Å². The topological polar surface area (TPSA) is 83.9 Å². The van der Waals surface area contributed by atoms with E-state index in [0.717, 1.165) is 26.1 Å². The Morgan fingerprint density at radius 2 is 1.11 bits per heavy atom. The normalized spacial score (nSPS) is 21.5. The summed E-state index contributed by atoms with van der Waals surface area (Å²) in [5.74, 6) is 0. The predicted molar refractivity (Wildman–Crippen MR) is 141 cm³/mol. The van der Waals surface area contributed by atoms with Gasteiger partial charge in [0.15, 0.2) is 0 Å². The van der Waals surface area contributed by atoms with Crippen molar-refractivity contribution in [3.8, 4) is 0 Å². The molecule has 8 nitrogen and oxygen atoms in total. The van der Waals surface area contributed by atoms with Gasteiger partial charge < -0.3 is 29.2 Å². The summed E-state index contributed by atoms with van der Waals surface area (Å²) in [5.41, 5.74) is 0. The minimum atomic E-state index is 0.136. The van der Waals surface area contributed by atoms with Crippen LogP contribution in [0.4, 0.5) is 0 Å². The Kier molecular flexibility index (Phi) is 23.7. The van der Waals surface area contributed by atoms with Crippen molar-refractivity contribution in [3.05, 3.63) is 0 Å². The summed E-state index contributed by atoms with van der Waals surface area (Å²) in [6.45, 7) is 10.9. The fourth-order valence-corrected chi connectivity index (χ4v) is 4.47. The minimum Gasteiger partial charge on any atom is -0.395 e. The molecule has 2 N–H and O–H groups in total. The van der Waals surface area contributed by atoms with E-state index in [9.17, 15) is 10.2 Å². The second-order valence-corrected chi connectivity index (χ2v) is 9.51. The molecule has 0 radical (unpaired) electrons. The summed E-state index contributed by atoms with van der Waals surface area (Å²) < 4.78 is 23.3. The molecule has 1 atom stereocenters. The van der Waals surface area contributed by atoms with Crippen molar-refractivity contribution < 1.29 is 29.2 Å². The maximum Gasteiger partial charge on any atom is 0.0701 e. The Bertz CT molecular complexity index is 432. The van der Waals surface area contributed by atoms with E-state index in [0.29, 0.717) is 65.9 Å². The highest BCUT2D eigenvalue weighted by Gasteiger charge is 2.18. The van der Waals surface area contributed by atoms with E-state index in [2.05, 4.69) is 16.7 Å². The second-order valence-electron chi connectivity index (χ2n) is 9.51. The van der Waals surface area contributed by atoms with Crippen LogP contribution in [-0.2, 0) is 18.9 Å². The second kappa shape index (κ2) is 25.3. The Morgan fingerprint density at radius 1 is 0.600 bits per heavy atom. The van der Waals surface area contributed by atoms with Crippen LogP contribution in [0.15, 0.2) is 0 Å². The monoisotopic (exact) mass is 504 g/mol. The van der Waals surface area contributed by atoms with Gasteiger partial charge in [0, 0.05) is 38.8 Å². The first-order chi connectivity index (χ1) is 17.3. The maximum atomic E-state index is 9.64. The molecule has 35 heavy (non-hydrogen) atoms. The minimum absolute atomic E-state index is 0.136. The standard InChI is InChI=1S/C27H56N2O6/c1-2-3-4-5-6-7-8-9-10-11-27-26-35-25-24-33-20-15-28(12-17-30)14-19-32-22-23-34-21-16-29(27)13-18-31/h27,30-31H,2-26H2,1H3. The molecule has 1 saturated heterocycles. The van der Waals surface area contributed by atoms with Crippen LogP contribution >= 0.6 is 0 Å². The van der Waals surface area contributed by atoms with Crippen molar-refractivity contribution >= 4 is 0 Å². The highest BCUT2D eigenvalue weighted by Crippen LogP contribution is 2.14. The quantitative estimate of drug-likeness (QED) is 0.350. The van der Waals surface area contributed by atoms with E-state index in [1.54, 1.807) is 0 Å². The molecule has 0 aliphatic carbocycles. The molecule has 0 bridgehead atoms. The Labute approximate surface area is 215 Å². The lowest BCUT2D eigenvalue weighted by Crippen LogP contribution is -2.42. The number of unbranched alkanes of at least 4 members (excludes halogenated alkanes) is 8. The molecule has 0 aromatic heterocycles. The fraction of sp³-hybridized carbons (Fsp3) is 1.00. The summed E-state index contributed by atoms with van der Waals surface area (Å²) in [4.78, 5) is 4.47.